The summed E-state index contributed by atoms with van der Waals surface area (Å²) in [6.07, 6.45) is 0.729. The molecule has 1 atom stereocenters. The SMILES string of the molecule is CCCNC(=O)[C@H](C)N(Cc1ccc(OC)cc1)C(=O)CN(c1ccc(OC)c(OC)c1)S(=O)(=O)c1ccc(C)cc1. The van der Waals surface area contributed by atoms with E-state index in [9.17, 15) is 18.0 Å². The molecule has 0 aliphatic heterocycles. The van der Waals surface area contributed by atoms with Gasteiger partial charge in [-0.3, -0.25) is 13.9 Å². The molecule has 0 bridgehead atoms. The molecule has 1 N–H and O–H groups in total. The Morgan fingerprint density at radius 3 is 2.10 bits per heavy atom. The second kappa shape index (κ2) is 14.6. The van der Waals surface area contributed by atoms with E-state index in [2.05, 4.69) is 5.32 Å². The van der Waals surface area contributed by atoms with Gasteiger partial charge in [0.1, 0.15) is 18.3 Å². The molecule has 0 saturated heterocycles. The largest absolute Gasteiger partial charge is 0.497 e. The van der Waals surface area contributed by atoms with Crippen molar-refractivity contribution in [1.82, 2.24) is 10.2 Å². The molecule has 0 heterocycles. The Kier molecular flexibility index (Phi) is 11.2. The number of nitrogens with one attached hydrogen (secondary N) is 1. The van der Waals surface area contributed by atoms with Crippen molar-refractivity contribution in [3.05, 3.63) is 77.9 Å². The minimum Gasteiger partial charge on any atom is -0.497 e. The summed E-state index contributed by atoms with van der Waals surface area (Å²) in [5, 5.41) is 2.83. The van der Waals surface area contributed by atoms with Crippen molar-refractivity contribution >= 4 is 27.5 Å². The Bertz CT molecular complexity index is 1460. The molecule has 0 fully saturated rings. The molecule has 0 radical (unpaired) electrons. The van der Waals surface area contributed by atoms with Gasteiger partial charge in [0.15, 0.2) is 11.5 Å². The van der Waals surface area contributed by atoms with E-state index in [-0.39, 0.29) is 23.0 Å². The lowest BCUT2D eigenvalue weighted by Gasteiger charge is -2.32. The number of sulfonamides is 1. The zero-order valence-corrected chi connectivity index (χ0v) is 25.7. The van der Waals surface area contributed by atoms with Crippen LogP contribution in [0.15, 0.2) is 71.6 Å². The maximum atomic E-state index is 14.0. The molecule has 0 aromatic heterocycles. The summed E-state index contributed by atoms with van der Waals surface area (Å²) in [6.45, 7) is 5.38. The predicted octanol–water partition coefficient (Wildman–Crippen LogP) is 4.16. The third-order valence-electron chi connectivity index (χ3n) is 6.77. The summed E-state index contributed by atoms with van der Waals surface area (Å²) in [5.41, 5.74) is 1.84. The minimum absolute atomic E-state index is 0.0196. The fraction of sp³-hybridized carbons (Fsp3) is 0.355. The smallest absolute Gasteiger partial charge is 0.264 e. The number of amides is 2. The second-order valence-electron chi connectivity index (χ2n) is 9.70. The molecule has 3 aromatic rings. The lowest BCUT2D eigenvalue weighted by Crippen LogP contribution is -2.51. The van der Waals surface area contributed by atoms with Gasteiger partial charge < -0.3 is 24.4 Å². The highest BCUT2D eigenvalue weighted by atomic mass is 32.2. The summed E-state index contributed by atoms with van der Waals surface area (Å²) in [7, 11) is 0.263. The van der Waals surface area contributed by atoms with Crippen LogP contribution in [0, 0.1) is 6.92 Å². The van der Waals surface area contributed by atoms with E-state index < -0.39 is 28.5 Å². The molecule has 42 heavy (non-hydrogen) atoms. The number of nitrogens with zero attached hydrogens (tertiary/aromatic N) is 2. The third-order valence-corrected chi connectivity index (χ3v) is 8.56. The lowest BCUT2D eigenvalue weighted by atomic mass is 10.1. The number of benzene rings is 3. The number of rotatable bonds is 14. The fourth-order valence-electron chi connectivity index (χ4n) is 4.25. The highest BCUT2D eigenvalue weighted by Crippen LogP contribution is 2.34. The van der Waals surface area contributed by atoms with Gasteiger partial charge in [0, 0.05) is 19.2 Å². The van der Waals surface area contributed by atoms with Crippen molar-refractivity contribution in [1.29, 1.82) is 0 Å². The molecule has 0 unspecified atom stereocenters. The maximum Gasteiger partial charge on any atom is 0.264 e. The number of ether oxygens (including phenoxy) is 3. The summed E-state index contributed by atoms with van der Waals surface area (Å²) in [6, 6.07) is 17.2. The monoisotopic (exact) mass is 597 g/mol. The number of carbonyl (C=O) groups excluding carboxylic acids is 2. The van der Waals surface area contributed by atoms with Crippen molar-refractivity contribution in [2.75, 3.05) is 38.7 Å². The zero-order valence-electron chi connectivity index (χ0n) is 24.9. The highest BCUT2D eigenvalue weighted by Gasteiger charge is 2.33. The number of carbonyl (C=O) groups is 2. The van der Waals surface area contributed by atoms with Crippen LogP contribution in [-0.2, 0) is 26.2 Å². The van der Waals surface area contributed by atoms with Crippen molar-refractivity contribution in [3.63, 3.8) is 0 Å². The van der Waals surface area contributed by atoms with Gasteiger partial charge in [0.05, 0.1) is 31.9 Å². The normalized spacial score (nSPS) is 11.8. The molecule has 2 amide bonds. The number of hydrogen-bond donors (Lipinski definition) is 1. The molecular formula is C31H39N3O7S. The Morgan fingerprint density at radius 1 is 0.881 bits per heavy atom. The molecule has 10 nitrogen and oxygen atoms in total. The number of methoxy groups -OCH3 is 3. The first-order chi connectivity index (χ1) is 20.0. The Labute approximate surface area is 248 Å². The Hall–Kier alpha value is -4.25. The fourth-order valence-corrected chi connectivity index (χ4v) is 5.66. The first-order valence-electron chi connectivity index (χ1n) is 13.6. The van der Waals surface area contributed by atoms with E-state index >= 15 is 0 Å². The standard InChI is InChI=1S/C31H39N3O7S/c1-7-18-32-31(36)23(3)33(20-24-10-13-26(39-4)14-11-24)30(35)21-34(25-12-17-28(40-5)29(19-25)41-6)42(37,38)27-15-8-22(2)9-16-27/h8-17,19,23H,7,18,20-21H2,1-6H3,(H,32,36)/t23-/m0/s1. The minimum atomic E-state index is -4.21. The van der Waals surface area contributed by atoms with Crippen LogP contribution in [0.1, 0.15) is 31.4 Å². The summed E-state index contributed by atoms with van der Waals surface area (Å²) in [5.74, 6) is 0.457. The van der Waals surface area contributed by atoms with E-state index in [0.717, 1.165) is 21.9 Å². The number of aryl methyl sites for hydroxylation is 1. The maximum absolute atomic E-state index is 14.0. The average molecular weight is 598 g/mol. The van der Waals surface area contributed by atoms with Crippen LogP contribution in [0.3, 0.4) is 0 Å². The van der Waals surface area contributed by atoms with Gasteiger partial charge in [0.25, 0.3) is 10.0 Å². The lowest BCUT2D eigenvalue weighted by molar-refractivity contribution is -0.139. The molecule has 3 aromatic carbocycles. The van der Waals surface area contributed by atoms with Crippen LogP contribution in [-0.4, -0.2) is 65.6 Å². The van der Waals surface area contributed by atoms with Crippen molar-refractivity contribution in [3.8, 4) is 17.2 Å². The number of anilines is 1. The van der Waals surface area contributed by atoms with E-state index in [1.807, 2.05) is 13.8 Å². The van der Waals surface area contributed by atoms with Crippen LogP contribution in [0.2, 0.25) is 0 Å². The molecular weight excluding hydrogens is 558 g/mol. The molecule has 0 aliphatic carbocycles. The average Bonchev–Trinajstić information content (AvgIpc) is 3.00. The van der Waals surface area contributed by atoms with Gasteiger partial charge in [-0.2, -0.15) is 0 Å². The topological polar surface area (TPSA) is 114 Å². The van der Waals surface area contributed by atoms with Crippen LogP contribution >= 0.6 is 0 Å². The summed E-state index contributed by atoms with van der Waals surface area (Å²) < 4.78 is 45.0. The van der Waals surface area contributed by atoms with Crippen molar-refractivity contribution < 1.29 is 32.2 Å². The van der Waals surface area contributed by atoms with Gasteiger partial charge in [0.2, 0.25) is 11.8 Å². The molecule has 3 rings (SSSR count). The van der Waals surface area contributed by atoms with Crippen LogP contribution < -0.4 is 23.8 Å². The van der Waals surface area contributed by atoms with Gasteiger partial charge in [-0.1, -0.05) is 36.8 Å². The van der Waals surface area contributed by atoms with Crippen LogP contribution in [0.25, 0.3) is 0 Å². The van der Waals surface area contributed by atoms with E-state index in [4.69, 9.17) is 14.2 Å². The van der Waals surface area contributed by atoms with Crippen molar-refractivity contribution in [2.45, 2.75) is 44.7 Å². The molecule has 11 heteroatoms. The van der Waals surface area contributed by atoms with Gasteiger partial charge in [-0.05, 0) is 62.2 Å². The Morgan fingerprint density at radius 2 is 1.52 bits per heavy atom. The number of hydrogen-bond acceptors (Lipinski definition) is 7. The first-order valence-corrected chi connectivity index (χ1v) is 15.0. The van der Waals surface area contributed by atoms with E-state index in [1.54, 1.807) is 62.6 Å². The highest BCUT2D eigenvalue weighted by molar-refractivity contribution is 7.92. The van der Waals surface area contributed by atoms with E-state index in [1.165, 1.54) is 37.3 Å². The van der Waals surface area contributed by atoms with Crippen LogP contribution in [0.4, 0.5) is 5.69 Å². The third kappa shape index (κ3) is 7.73. The van der Waals surface area contributed by atoms with Gasteiger partial charge >= 0.3 is 0 Å². The first kappa shape index (κ1) is 32.3. The second-order valence-corrected chi connectivity index (χ2v) is 11.6. The molecule has 0 saturated carbocycles. The quantitative estimate of drug-likeness (QED) is 0.297. The van der Waals surface area contributed by atoms with E-state index in [0.29, 0.717) is 23.8 Å². The zero-order chi connectivity index (χ0) is 30.9. The Balaban J connectivity index is 2.07. The molecule has 226 valence electrons. The van der Waals surface area contributed by atoms with Crippen molar-refractivity contribution in [2.24, 2.45) is 0 Å². The van der Waals surface area contributed by atoms with Crippen LogP contribution in [0.5, 0.6) is 17.2 Å². The molecule has 0 spiro atoms. The van der Waals surface area contributed by atoms with Gasteiger partial charge in [-0.15, -0.1) is 0 Å². The summed E-state index contributed by atoms with van der Waals surface area (Å²) >= 11 is 0. The molecule has 0 aliphatic rings. The predicted molar refractivity (Wildman–Crippen MR) is 162 cm³/mol. The van der Waals surface area contributed by atoms with Gasteiger partial charge in [-0.25, -0.2) is 8.42 Å². The summed E-state index contributed by atoms with van der Waals surface area (Å²) in [4.78, 5) is 28.5.